The second-order valence-electron chi connectivity index (χ2n) is 6.84. The molecule has 1 aliphatic rings. The van der Waals surface area contributed by atoms with E-state index in [0.29, 0.717) is 0 Å². The van der Waals surface area contributed by atoms with E-state index in [-0.39, 0.29) is 0 Å². The van der Waals surface area contributed by atoms with Gasteiger partial charge in [-0.3, -0.25) is 9.98 Å². The summed E-state index contributed by atoms with van der Waals surface area (Å²) in [4.78, 5) is 11.1. The molecule has 3 nitrogen and oxygen atoms in total. The molecule has 0 saturated heterocycles. The van der Waals surface area contributed by atoms with Crippen LogP contribution in [0.5, 0.6) is 0 Å². The Balaban J connectivity index is 1.65. The maximum atomic E-state index is 4.46. The molecule has 0 saturated carbocycles. The average Bonchev–Trinajstić information content (AvgIpc) is 2.79. The van der Waals surface area contributed by atoms with Crippen LogP contribution < -0.4 is 4.90 Å². The first-order chi connectivity index (χ1) is 13.8. The first-order valence-electron chi connectivity index (χ1n) is 9.32. The van der Waals surface area contributed by atoms with E-state index < -0.39 is 0 Å². The fourth-order valence-corrected chi connectivity index (χ4v) is 3.90. The maximum Gasteiger partial charge on any atom is 0.0866 e. The molecule has 3 heteroatoms. The molecule has 0 fully saturated rings. The highest BCUT2D eigenvalue weighted by molar-refractivity contribution is 5.90. The molecule has 1 aliphatic heterocycles. The molecule has 28 heavy (non-hydrogen) atoms. The van der Waals surface area contributed by atoms with Gasteiger partial charge in [0.25, 0.3) is 0 Å². The van der Waals surface area contributed by atoms with Crippen LogP contribution in [0.3, 0.4) is 0 Å². The number of nitrogens with zero attached hydrogens (tertiary/aromatic N) is 3. The van der Waals surface area contributed by atoms with Crippen LogP contribution in [0.1, 0.15) is 5.56 Å². The third-order valence-electron chi connectivity index (χ3n) is 5.23. The third kappa shape index (κ3) is 2.69. The number of fused-ring (bicyclic) bond motifs is 3. The molecule has 2 heterocycles. The molecule has 134 valence electrons. The summed E-state index contributed by atoms with van der Waals surface area (Å²) in [5.41, 5.74) is 8.93. The fourth-order valence-electron chi connectivity index (χ4n) is 3.90. The Bertz CT molecular complexity index is 1170. The zero-order valence-corrected chi connectivity index (χ0v) is 15.4. The molecule has 0 N–H and O–H groups in total. The van der Waals surface area contributed by atoms with E-state index in [2.05, 4.69) is 88.3 Å². The molecule has 5 rings (SSSR count). The predicted octanol–water partition coefficient (Wildman–Crippen LogP) is 6.40. The number of hydrogen-bond donors (Lipinski definition) is 0. The van der Waals surface area contributed by atoms with E-state index in [9.17, 15) is 0 Å². The zero-order chi connectivity index (χ0) is 18.9. The maximum absolute atomic E-state index is 4.46. The van der Waals surface area contributed by atoms with Crippen LogP contribution in [0, 0.1) is 0 Å². The molecule has 3 aromatic carbocycles. The van der Waals surface area contributed by atoms with Gasteiger partial charge in [-0.25, -0.2) is 0 Å². The van der Waals surface area contributed by atoms with Gasteiger partial charge in [0.1, 0.15) is 0 Å². The van der Waals surface area contributed by atoms with Crippen molar-refractivity contribution in [3.05, 3.63) is 96.7 Å². The van der Waals surface area contributed by atoms with Gasteiger partial charge in [-0.05, 0) is 48.2 Å². The van der Waals surface area contributed by atoms with Crippen LogP contribution in [0.2, 0.25) is 0 Å². The van der Waals surface area contributed by atoms with Crippen molar-refractivity contribution in [1.29, 1.82) is 0 Å². The Labute approximate surface area is 164 Å². The minimum Gasteiger partial charge on any atom is -0.335 e. The number of pyridine rings is 1. The van der Waals surface area contributed by atoms with Gasteiger partial charge < -0.3 is 4.90 Å². The van der Waals surface area contributed by atoms with Crippen molar-refractivity contribution in [1.82, 2.24) is 4.98 Å². The van der Waals surface area contributed by atoms with Gasteiger partial charge in [-0.15, -0.1) is 0 Å². The van der Waals surface area contributed by atoms with E-state index in [0.717, 1.165) is 29.2 Å². The van der Waals surface area contributed by atoms with Gasteiger partial charge in [0.15, 0.2) is 0 Å². The van der Waals surface area contributed by atoms with Crippen LogP contribution in [-0.2, 0) is 6.54 Å². The van der Waals surface area contributed by atoms with Crippen molar-refractivity contribution in [2.24, 2.45) is 4.99 Å². The molecule has 0 radical (unpaired) electrons. The molecular formula is C25H19N3. The molecule has 4 aromatic rings. The Morgan fingerprint density at radius 3 is 2.39 bits per heavy atom. The molecule has 0 aliphatic carbocycles. The lowest BCUT2D eigenvalue weighted by molar-refractivity contribution is 0.961. The Hall–Kier alpha value is -3.72. The summed E-state index contributed by atoms with van der Waals surface area (Å²) < 4.78 is 0. The molecule has 0 amide bonds. The van der Waals surface area contributed by atoms with E-state index >= 15 is 0 Å². The van der Waals surface area contributed by atoms with Gasteiger partial charge in [-0.1, -0.05) is 54.6 Å². The normalized spacial score (nSPS) is 12.2. The summed E-state index contributed by atoms with van der Waals surface area (Å²) >= 11 is 0. The second-order valence-corrected chi connectivity index (χ2v) is 6.84. The predicted molar refractivity (Wildman–Crippen MR) is 117 cm³/mol. The molecule has 0 spiro atoms. The largest absolute Gasteiger partial charge is 0.335 e. The van der Waals surface area contributed by atoms with Crippen LogP contribution in [-0.4, -0.2) is 11.7 Å². The average molecular weight is 361 g/mol. The first kappa shape index (κ1) is 16.5. The van der Waals surface area contributed by atoms with Crippen LogP contribution in [0.15, 0.2) is 96.1 Å². The summed E-state index contributed by atoms with van der Waals surface area (Å²) in [5, 5.41) is 0. The van der Waals surface area contributed by atoms with Crippen molar-refractivity contribution in [3.8, 4) is 22.4 Å². The summed E-state index contributed by atoms with van der Waals surface area (Å²) in [5.74, 6) is 0. The summed E-state index contributed by atoms with van der Waals surface area (Å²) in [7, 11) is 0. The third-order valence-corrected chi connectivity index (χ3v) is 5.23. The molecule has 0 bridgehead atoms. The van der Waals surface area contributed by atoms with Gasteiger partial charge in [0.05, 0.1) is 17.1 Å². The number of hydrogen-bond acceptors (Lipinski definition) is 3. The number of aromatic nitrogens is 1. The number of benzene rings is 3. The summed E-state index contributed by atoms with van der Waals surface area (Å²) in [6.45, 7) is 4.63. The Morgan fingerprint density at radius 2 is 1.57 bits per heavy atom. The minimum absolute atomic E-state index is 0.804. The Morgan fingerprint density at radius 1 is 0.786 bits per heavy atom. The van der Waals surface area contributed by atoms with Gasteiger partial charge >= 0.3 is 0 Å². The van der Waals surface area contributed by atoms with Gasteiger partial charge in [-0.2, -0.15) is 0 Å². The summed E-state index contributed by atoms with van der Waals surface area (Å²) in [6, 6.07) is 29.3. The summed E-state index contributed by atoms with van der Waals surface area (Å²) in [6.07, 6.45) is 1.81. The molecule has 0 atom stereocenters. The van der Waals surface area contributed by atoms with Gasteiger partial charge in [0.2, 0.25) is 0 Å². The quantitative estimate of drug-likeness (QED) is 0.395. The van der Waals surface area contributed by atoms with Gasteiger partial charge in [0, 0.05) is 29.6 Å². The Kier molecular flexibility index (Phi) is 3.99. The zero-order valence-electron chi connectivity index (χ0n) is 15.4. The van der Waals surface area contributed by atoms with Crippen molar-refractivity contribution < 1.29 is 0 Å². The van der Waals surface area contributed by atoms with Crippen LogP contribution in [0.25, 0.3) is 22.4 Å². The highest BCUT2D eigenvalue weighted by Gasteiger charge is 2.24. The van der Waals surface area contributed by atoms with E-state index in [1.807, 2.05) is 24.4 Å². The number of para-hydroxylation sites is 1. The minimum atomic E-state index is 0.804. The van der Waals surface area contributed by atoms with Crippen molar-refractivity contribution >= 4 is 23.8 Å². The van der Waals surface area contributed by atoms with Crippen LogP contribution in [0.4, 0.5) is 17.1 Å². The lowest BCUT2D eigenvalue weighted by Gasteiger charge is -2.33. The highest BCUT2D eigenvalue weighted by atomic mass is 15.2. The number of rotatable bonds is 3. The lowest BCUT2D eigenvalue weighted by Crippen LogP contribution is -2.21. The number of anilines is 2. The lowest BCUT2D eigenvalue weighted by atomic mass is 9.93. The van der Waals surface area contributed by atoms with Crippen molar-refractivity contribution in [2.75, 3.05) is 4.90 Å². The topological polar surface area (TPSA) is 28.5 Å². The smallest absolute Gasteiger partial charge is 0.0866 e. The monoisotopic (exact) mass is 361 g/mol. The molecule has 1 aromatic heterocycles. The standard InChI is InChI=1S/C25H19N3/c1-26-23-16-18(22-11-6-7-15-27-22)13-14-25(23)28-17-19-8-2-3-9-20(19)21-10-4-5-12-24(21)28/h2-16H,1,17H2. The molecule has 0 unspecified atom stereocenters. The SMILES string of the molecule is C=Nc1cc(-c2ccccn2)ccc1N1Cc2ccccc2-c2ccccc21. The van der Waals surface area contributed by atoms with Crippen molar-refractivity contribution in [2.45, 2.75) is 6.54 Å². The highest BCUT2D eigenvalue weighted by Crippen LogP contribution is 2.45. The van der Waals surface area contributed by atoms with E-state index in [4.69, 9.17) is 0 Å². The number of aliphatic imine (C=N–C) groups is 1. The van der Waals surface area contributed by atoms with E-state index in [1.54, 1.807) is 0 Å². The van der Waals surface area contributed by atoms with E-state index in [1.165, 1.54) is 22.4 Å². The molecular weight excluding hydrogens is 342 g/mol. The van der Waals surface area contributed by atoms with Crippen LogP contribution >= 0.6 is 0 Å². The first-order valence-corrected chi connectivity index (χ1v) is 9.32. The van der Waals surface area contributed by atoms with Crippen molar-refractivity contribution in [3.63, 3.8) is 0 Å². The second kappa shape index (κ2) is 6.78. The fraction of sp³-hybridized carbons (Fsp3) is 0.0400.